The third kappa shape index (κ3) is 4.79. The number of anilines is 2. The van der Waals surface area contributed by atoms with Crippen LogP contribution in [0.5, 0.6) is 0 Å². The molecule has 11 nitrogen and oxygen atoms in total. The minimum atomic E-state index is -3.98. The molecule has 0 bridgehead atoms. The number of carbonyl (C=O) groups excluding carboxylic acids is 1. The first-order valence-corrected chi connectivity index (χ1v) is 9.64. The van der Waals surface area contributed by atoms with Gasteiger partial charge in [-0.2, -0.15) is 0 Å². The third-order valence-corrected chi connectivity index (χ3v) is 4.95. The molecule has 0 aliphatic rings. The van der Waals surface area contributed by atoms with Crippen LogP contribution in [0.2, 0.25) is 0 Å². The summed E-state index contributed by atoms with van der Waals surface area (Å²) in [6.07, 6.45) is 0.864. The first-order valence-electron chi connectivity index (χ1n) is 7.80. The quantitative estimate of drug-likeness (QED) is 0.545. The fourth-order valence-electron chi connectivity index (χ4n) is 2.50. The highest BCUT2D eigenvalue weighted by atomic mass is 32.2. The Morgan fingerprint density at radius 2 is 1.57 bits per heavy atom. The Balaban J connectivity index is 2.36. The number of amides is 1. The van der Waals surface area contributed by atoms with Crippen molar-refractivity contribution >= 4 is 38.7 Å². The zero-order valence-electron chi connectivity index (χ0n) is 14.8. The van der Waals surface area contributed by atoms with Gasteiger partial charge in [0.25, 0.3) is 11.4 Å². The lowest BCUT2D eigenvalue weighted by atomic mass is 10.2. The average molecular weight is 408 g/mol. The number of nitrogens with one attached hydrogen (secondary N) is 1. The second-order valence-corrected chi connectivity index (χ2v) is 7.67. The van der Waals surface area contributed by atoms with Gasteiger partial charge >= 0.3 is 0 Å². The summed E-state index contributed by atoms with van der Waals surface area (Å²) in [5, 5.41) is 24.2. The fraction of sp³-hybridized carbons (Fsp3) is 0.188. The zero-order chi connectivity index (χ0) is 21.1. The first-order chi connectivity index (χ1) is 13.0. The molecule has 0 radical (unpaired) electrons. The third-order valence-electron chi connectivity index (χ3n) is 3.71. The highest BCUT2D eigenvalue weighted by Gasteiger charge is 2.30. The van der Waals surface area contributed by atoms with Crippen LogP contribution in [0.25, 0.3) is 0 Å². The summed E-state index contributed by atoms with van der Waals surface area (Å²) in [6, 6.07) is 8.73. The molecule has 0 aliphatic carbocycles. The standard InChI is InChI=1S/C16H16N4O7S/c1-11(16(21)17-12-5-3-7-14(9-12)19(22)23)18(28(2,26)27)13-6-4-8-15(10-13)20(24)25/h3-11H,1-2H3,(H,17,21)/t11-/m0/s1. The SMILES string of the molecule is C[C@@H](C(=O)Nc1cccc([N+](=O)[O-])c1)N(c1cccc([N+](=O)[O-])c1)S(C)(=O)=O. The van der Waals surface area contributed by atoms with Crippen molar-refractivity contribution in [3.8, 4) is 0 Å². The maximum atomic E-state index is 12.6. The molecule has 0 unspecified atom stereocenters. The van der Waals surface area contributed by atoms with Gasteiger partial charge in [0.1, 0.15) is 6.04 Å². The lowest BCUT2D eigenvalue weighted by Gasteiger charge is -2.28. The van der Waals surface area contributed by atoms with Crippen molar-refractivity contribution in [1.82, 2.24) is 0 Å². The van der Waals surface area contributed by atoms with Crippen molar-refractivity contribution in [2.24, 2.45) is 0 Å². The van der Waals surface area contributed by atoms with Crippen molar-refractivity contribution in [2.75, 3.05) is 15.9 Å². The van der Waals surface area contributed by atoms with Crippen LogP contribution in [0.3, 0.4) is 0 Å². The van der Waals surface area contributed by atoms with Gasteiger partial charge in [-0.1, -0.05) is 12.1 Å². The Hall–Kier alpha value is -3.54. The number of nitrogens with zero attached hydrogens (tertiary/aromatic N) is 3. The van der Waals surface area contributed by atoms with E-state index in [9.17, 15) is 33.4 Å². The second kappa shape index (κ2) is 8.00. The molecule has 148 valence electrons. The number of nitro benzene ring substituents is 2. The first kappa shape index (κ1) is 20.8. The molecule has 1 N–H and O–H groups in total. The van der Waals surface area contributed by atoms with Gasteiger partial charge in [0.2, 0.25) is 15.9 Å². The molecule has 28 heavy (non-hydrogen) atoms. The molecule has 2 aromatic rings. The van der Waals surface area contributed by atoms with E-state index in [0.29, 0.717) is 0 Å². The molecular weight excluding hydrogens is 392 g/mol. The van der Waals surface area contributed by atoms with Crippen LogP contribution >= 0.6 is 0 Å². The van der Waals surface area contributed by atoms with Gasteiger partial charge < -0.3 is 5.32 Å². The lowest BCUT2D eigenvalue weighted by molar-refractivity contribution is -0.385. The molecule has 0 heterocycles. The van der Waals surface area contributed by atoms with E-state index in [1.165, 1.54) is 43.3 Å². The minimum Gasteiger partial charge on any atom is -0.324 e. The molecule has 1 atom stereocenters. The molecule has 0 spiro atoms. The lowest BCUT2D eigenvalue weighted by Crippen LogP contribution is -2.45. The number of carbonyl (C=O) groups is 1. The zero-order valence-corrected chi connectivity index (χ0v) is 15.6. The molecule has 2 rings (SSSR count). The van der Waals surface area contributed by atoms with Crippen LogP contribution < -0.4 is 9.62 Å². The molecule has 1 amide bonds. The van der Waals surface area contributed by atoms with Gasteiger partial charge in [0.05, 0.1) is 21.8 Å². The van der Waals surface area contributed by atoms with Gasteiger partial charge in [-0.15, -0.1) is 0 Å². The van der Waals surface area contributed by atoms with E-state index in [1.54, 1.807) is 0 Å². The summed E-state index contributed by atoms with van der Waals surface area (Å²) in [4.78, 5) is 33.0. The number of hydrogen-bond acceptors (Lipinski definition) is 7. The van der Waals surface area contributed by atoms with Crippen molar-refractivity contribution < 1.29 is 23.1 Å². The maximum absolute atomic E-state index is 12.6. The van der Waals surface area contributed by atoms with Crippen molar-refractivity contribution in [2.45, 2.75) is 13.0 Å². The van der Waals surface area contributed by atoms with E-state index < -0.39 is 31.8 Å². The molecule has 2 aromatic carbocycles. The molecule has 0 aliphatic heterocycles. The minimum absolute atomic E-state index is 0.0570. The van der Waals surface area contributed by atoms with E-state index in [4.69, 9.17) is 0 Å². The summed E-state index contributed by atoms with van der Waals surface area (Å²) in [5.74, 6) is -0.766. The van der Waals surface area contributed by atoms with Gasteiger partial charge in [-0.05, 0) is 19.1 Å². The molecule has 12 heteroatoms. The summed E-state index contributed by atoms with van der Waals surface area (Å²) in [7, 11) is -3.98. The van der Waals surface area contributed by atoms with Crippen molar-refractivity contribution in [1.29, 1.82) is 0 Å². The van der Waals surface area contributed by atoms with Gasteiger partial charge in [0.15, 0.2) is 0 Å². The smallest absolute Gasteiger partial charge is 0.271 e. The van der Waals surface area contributed by atoms with Crippen LogP contribution in [-0.4, -0.2) is 36.5 Å². The largest absolute Gasteiger partial charge is 0.324 e. The normalized spacial score (nSPS) is 12.1. The Morgan fingerprint density at radius 3 is 2.11 bits per heavy atom. The number of non-ortho nitro benzene ring substituents is 2. The Labute approximate surface area is 159 Å². The van der Waals surface area contributed by atoms with E-state index in [-0.39, 0.29) is 22.7 Å². The topological polar surface area (TPSA) is 153 Å². The molecule has 0 aromatic heterocycles. The maximum Gasteiger partial charge on any atom is 0.271 e. The van der Waals surface area contributed by atoms with E-state index in [1.807, 2.05) is 0 Å². The average Bonchev–Trinajstić information content (AvgIpc) is 2.61. The predicted octanol–water partition coefficient (Wildman–Crippen LogP) is 2.30. The molecular formula is C16H16N4O7S. The molecule has 0 saturated heterocycles. The van der Waals surface area contributed by atoms with Crippen LogP contribution in [0.4, 0.5) is 22.7 Å². The van der Waals surface area contributed by atoms with E-state index in [0.717, 1.165) is 22.7 Å². The molecule has 0 fully saturated rings. The fourth-order valence-corrected chi connectivity index (χ4v) is 3.66. The van der Waals surface area contributed by atoms with Gasteiger partial charge in [0, 0.05) is 30.0 Å². The predicted molar refractivity (Wildman–Crippen MR) is 102 cm³/mol. The summed E-state index contributed by atoms with van der Waals surface area (Å²) in [6.45, 7) is 1.30. The number of rotatable bonds is 7. The van der Waals surface area contributed by atoms with E-state index in [2.05, 4.69) is 5.32 Å². The highest BCUT2D eigenvalue weighted by Crippen LogP contribution is 2.26. The summed E-state index contributed by atoms with van der Waals surface area (Å²) < 4.78 is 25.2. The summed E-state index contributed by atoms with van der Waals surface area (Å²) >= 11 is 0. The Morgan fingerprint density at radius 1 is 1.04 bits per heavy atom. The van der Waals surface area contributed by atoms with Crippen LogP contribution in [0.1, 0.15) is 6.92 Å². The highest BCUT2D eigenvalue weighted by molar-refractivity contribution is 7.92. The number of benzene rings is 2. The summed E-state index contributed by atoms with van der Waals surface area (Å²) in [5.41, 5.74) is -0.529. The second-order valence-electron chi connectivity index (χ2n) is 5.81. The van der Waals surface area contributed by atoms with Gasteiger partial charge in [-0.25, -0.2) is 8.42 Å². The molecule has 0 saturated carbocycles. The Kier molecular flexibility index (Phi) is 5.93. The van der Waals surface area contributed by atoms with Gasteiger partial charge in [-0.3, -0.25) is 29.3 Å². The van der Waals surface area contributed by atoms with Crippen LogP contribution in [0, 0.1) is 20.2 Å². The number of hydrogen-bond donors (Lipinski definition) is 1. The number of nitro groups is 2. The van der Waals surface area contributed by atoms with E-state index >= 15 is 0 Å². The van der Waals surface area contributed by atoms with Crippen molar-refractivity contribution in [3.05, 3.63) is 68.8 Å². The Bertz CT molecular complexity index is 1040. The van der Waals surface area contributed by atoms with Crippen LogP contribution in [0.15, 0.2) is 48.5 Å². The van der Waals surface area contributed by atoms with Crippen LogP contribution in [-0.2, 0) is 14.8 Å². The van der Waals surface area contributed by atoms with Crippen molar-refractivity contribution in [3.63, 3.8) is 0 Å². The number of sulfonamides is 1. The monoisotopic (exact) mass is 408 g/mol.